The van der Waals surface area contributed by atoms with Gasteiger partial charge in [-0.2, -0.15) is 0 Å². The lowest BCUT2D eigenvalue weighted by molar-refractivity contribution is 0.417. The number of methoxy groups -OCH3 is 1. The van der Waals surface area contributed by atoms with Gasteiger partial charge in [-0.05, 0) is 18.6 Å². The number of aromatic nitrogens is 1. The van der Waals surface area contributed by atoms with Gasteiger partial charge in [-0.3, -0.25) is 0 Å². The van der Waals surface area contributed by atoms with Gasteiger partial charge in [-0.25, -0.2) is 0 Å². The molecular formula is C14H19NO. The van der Waals surface area contributed by atoms with E-state index in [0.717, 1.165) is 12.3 Å². The molecule has 0 aliphatic carbocycles. The standard InChI is InChI=1S/C14H19NO/c1-3-4-5-10-15-11-9-12-7-6-8-13(16-2)14(12)15/h6-9,11H,3-5,10H2,1-2H3. The van der Waals surface area contributed by atoms with Crippen molar-refractivity contribution in [3.8, 4) is 5.75 Å². The van der Waals surface area contributed by atoms with E-state index in [9.17, 15) is 0 Å². The maximum absolute atomic E-state index is 5.41. The molecule has 1 heterocycles. The third-order valence-electron chi connectivity index (χ3n) is 2.97. The van der Waals surface area contributed by atoms with Gasteiger partial charge in [-0.15, -0.1) is 0 Å². The Bertz CT molecular complexity index is 459. The average Bonchev–Trinajstić information content (AvgIpc) is 2.73. The molecule has 0 saturated carbocycles. The van der Waals surface area contributed by atoms with Crippen molar-refractivity contribution in [2.75, 3.05) is 7.11 Å². The lowest BCUT2D eigenvalue weighted by Crippen LogP contribution is -1.97. The third-order valence-corrected chi connectivity index (χ3v) is 2.97. The molecule has 0 spiro atoms. The summed E-state index contributed by atoms with van der Waals surface area (Å²) in [7, 11) is 1.73. The lowest BCUT2D eigenvalue weighted by atomic mass is 10.2. The monoisotopic (exact) mass is 217 g/mol. The highest BCUT2D eigenvalue weighted by atomic mass is 16.5. The van der Waals surface area contributed by atoms with Crippen LogP contribution in [0.1, 0.15) is 26.2 Å². The zero-order chi connectivity index (χ0) is 11.4. The molecule has 0 amide bonds. The molecule has 1 aromatic heterocycles. The first-order valence-electron chi connectivity index (χ1n) is 5.98. The van der Waals surface area contributed by atoms with Crippen LogP contribution in [0.3, 0.4) is 0 Å². The Labute approximate surface area is 96.8 Å². The van der Waals surface area contributed by atoms with Crippen LogP contribution in [0, 0.1) is 0 Å². The summed E-state index contributed by atoms with van der Waals surface area (Å²) in [5.41, 5.74) is 1.22. The Kier molecular flexibility index (Phi) is 3.50. The van der Waals surface area contributed by atoms with Crippen LogP contribution in [0.5, 0.6) is 5.75 Å². The molecule has 0 aliphatic rings. The van der Waals surface area contributed by atoms with Gasteiger partial charge in [0.2, 0.25) is 0 Å². The fraction of sp³-hybridized carbons (Fsp3) is 0.429. The predicted molar refractivity (Wildman–Crippen MR) is 68.0 cm³/mol. The van der Waals surface area contributed by atoms with Crippen molar-refractivity contribution in [3.63, 3.8) is 0 Å². The minimum absolute atomic E-state index is 0.971. The molecule has 86 valence electrons. The van der Waals surface area contributed by atoms with E-state index >= 15 is 0 Å². The van der Waals surface area contributed by atoms with Crippen molar-refractivity contribution >= 4 is 10.9 Å². The van der Waals surface area contributed by atoms with Gasteiger partial charge in [0.05, 0.1) is 12.6 Å². The molecule has 2 heteroatoms. The van der Waals surface area contributed by atoms with E-state index in [2.05, 4.69) is 29.8 Å². The first-order valence-corrected chi connectivity index (χ1v) is 5.98. The lowest BCUT2D eigenvalue weighted by Gasteiger charge is -2.08. The minimum atomic E-state index is 0.971. The van der Waals surface area contributed by atoms with Gasteiger partial charge >= 0.3 is 0 Å². The van der Waals surface area contributed by atoms with Crippen LogP contribution < -0.4 is 4.74 Å². The summed E-state index contributed by atoms with van der Waals surface area (Å²) >= 11 is 0. The van der Waals surface area contributed by atoms with E-state index in [1.165, 1.54) is 30.2 Å². The number of fused-ring (bicyclic) bond motifs is 1. The predicted octanol–water partition coefficient (Wildman–Crippen LogP) is 3.84. The summed E-state index contributed by atoms with van der Waals surface area (Å²) in [6.45, 7) is 3.31. The quantitative estimate of drug-likeness (QED) is 0.694. The maximum atomic E-state index is 5.41. The largest absolute Gasteiger partial charge is 0.495 e. The van der Waals surface area contributed by atoms with Crippen molar-refractivity contribution in [3.05, 3.63) is 30.5 Å². The molecule has 0 radical (unpaired) electrons. The molecule has 16 heavy (non-hydrogen) atoms. The second-order valence-electron chi connectivity index (χ2n) is 4.11. The summed E-state index contributed by atoms with van der Waals surface area (Å²) in [6.07, 6.45) is 5.94. The molecule has 0 atom stereocenters. The number of aryl methyl sites for hydroxylation is 1. The third kappa shape index (κ3) is 2.06. The van der Waals surface area contributed by atoms with Crippen molar-refractivity contribution in [1.82, 2.24) is 4.57 Å². The van der Waals surface area contributed by atoms with Crippen LogP contribution in [0.2, 0.25) is 0 Å². The van der Waals surface area contributed by atoms with Crippen molar-refractivity contribution in [1.29, 1.82) is 0 Å². The number of hydrogen-bond donors (Lipinski definition) is 0. The molecule has 0 fully saturated rings. The van der Waals surface area contributed by atoms with Gasteiger partial charge < -0.3 is 9.30 Å². The Balaban J connectivity index is 2.30. The molecule has 2 nitrogen and oxygen atoms in total. The highest BCUT2D eigenvalue weighted by Crippen LogP contribution is 2.26. The number of nitrogens with zero attached hydrogens (tertiary/aromatic N) is 1. The topological polar surface area (TPSA) is 14.2 Å². The number of hydrogen-bond acceptors (Lipinski definition) is 1. The Morgan fingerprint density at radius 3 is 2.81 bits per heavy atom. The van der Waals surface area contributed by atoms with Crippen molar-refractivity contribution in [2.24, 2.45) is 0 Å². The SMILES string of the molecule is CCCCCn1ccc2cccc(OC)c21. The summed E-state index contributed by atoms with van der Waals surface area (Å²) in [5.74, 6) is 0.971. The Morgan fingerprint density at radius 2 is 2.06 bits per heavy atom. The molecule has 2 rings (SSSR count). The van der Waals surface area contributed by atoms with Gasteiger partial charge in [0.25, 0.3) is 0 Å². The number of benzene rings is 1. The summed E-state index contributed by atoms with van der Waals surface area (Å²) in [4.78, 5) is 0. The minimum Gasteiger partial charge on any atom is -0.495 e. The van der Waals surface area contributed by atoms with Crippen LogP contribution in [-0.4, -0.2) is 11.7 Å². The molecule has 1 aromatic carbocycles. The van der Waals surface area contributed by atoms with Gasteiger partial charge in [0, 0.05) is 18.1 Å². The molecule has 0 aliphatic heterocycles. The first kappa shape index (κ1) is 11.1. The van der Waals surface area contributed by atoms with Crippen LogP contribution in [-0.2, 0) is 6.54 Å². The molecule has 0 saturated heterocycles. The summed E-state index contributed by atoms with van der Waals surface area (Å²) < 4.78 is 7.71. The normalized spacial score (nSPS) is 10.9. The number of para-hydroxylation sites is 1. The fourth-order valence-corrected chi connectivity index (χ4v) is 2.11. The molecule has 2 aromatic rings. The zero-order valence-electron chi connectivity index (χ0n) is 10.1. The smallest absolute Gasteiger partial charge is 0.143 e. The van der Waals surface area contributed by atoms with Gasteiger partial charge in [-0.1, -0.05) is 31.9 Å². The van der Waals surface area contributed by atoms with E-state index in [1.807, 2.05) is 12.1 Å². The van der Waals surface area contributed by atoms with E-state index in [1.54, 1.807) is 7.11 Å². The molecule has 0 N–H and O–H groups in total. The molecular weight excluding hydrogens is 198 g/mol. The zero-order valence-corrected chi connectivity index (χ0v) is 10.1. The number of rotatable bonds is 5. The average molecular weight is 217 g/mol. The van der Waals surface area contributed by atoms with Crippen molar-refractivity contribution in [2.45, 2.75) is 32.7 Å². The number of ether oxygens (including phenoxy) is 1. The van der Waals surface area contributed by atoms with E-state index in [4.69, 9.17) is 4.74 Å². The van der Waals surface area contributed by atoms with Crippen molar-refractivity contribution < 1.29 is 4.74 Å². The second-order valence-corrected chi connectivity index (χ2v) is 4.11. The van der Waals surface area contributed by atoms with Crippen LogP contribution in [0.4, 0.5) is 0 Å². The Hall–Kier alpha value is -1.44. The highest BCUT2D eigenvalue weighted by molar-refractivity contribution is 5.85. The van der Waals surface area contributed by atoms with Gasteiger partial charge in [0.1, 0.15) is 5.75 Å². The number of unbranched alkanes of at least 4 members (excludes halogenated alkanes) is 2. The van der Waals surface area contributed by atoms with Crippen LogP contribution in [0.15, 0.2) is 30.5 Å². The van der Waals surface area contributed by atoms with E-state index in [0.29, 0.717) is 0 Å². The van der Waals surface area contributed by atoms with Crippen LogP contribution in [0.25, 0.3) is 10.9 Å². The fourth-order valence-electron chi connectivity index (χ4n) is 2.11. The summed E-state index contributed by atoms with van der Waals surface area (Å²) in [5, 5.41) is 1.26. The van der Waals surface area contributed by atoms with E-state index < -0.39 is 0 Å². The molecule has 0 unspecified atom stereocenters. The van der Waals surface area contributed by atoms with Crippen LogP contribution >= 0.6 is 0 Å². The van der Waals surface area contributed by atoms with E-state index in [-0.39, 0.29) is 0 Å². The first-order chi connectivity index (χ1) is 7.86. The van der Waals surface area contributed by atoms with Gasteiger partial charge in [0.15, 0.2) is 0 Å². The highest BCUT2D eigenvalue weighted by Gasteiger charge is 2.05. The Morgan fingerprint density at radius 1 is 1.19 bits per heavy atom. The summed E-state index contributed by atoms with van der Waals surface area (Å²) in [6, 6.07) is 8.36. The second kappa shape index (κ2) is 5.06. The maximum Gasteiger partial charge on any atom is 0.143 e. The molecule has 0 bridgehead atoms.